The van der Waals surface area contributed by atoms with Crippen molar-refractivity contribution >= 4 is 18.5 Å². The van der Waals surface area contributed by atoms with Crippen molar-refractivity contribution in [1.82, 2.24) is 4.90 Å². The summed E-state index contributed by atoms with van der Waals surface area (Å²) in [5.41, 5.74) is 0.463. The van der Waals surface area contributed by atoms with E-state index in [4.69, 9.17) is 0 Å². The summed E-state index contributed by atoms with van der Waals surface area (Å²) in [6.45, 7) is 7.96. The number of nitrogens with zero attached hydrogens (tertiary/aromatic N) is 1. The summed E-state index contributed by atoms with van der Waals surface area (Å²) in [6, 6.07) is 10.2. The molecule has 1 rings (SSSR count). The molecule has 2 nitrogen and oxygen atoms in total. The fourth-order valence-corrected chi connectivity index (χ4v) is 2.26. The number of aliphatic hydroxyl groups is 1. The highest BCUT2D eigenvalue weighted by molar-refractivity contribution is 5.85. The average Bonchev–Trinajstić information content (AvgIpc) is 2.41. The van der Waals surface area contributed by atoms with E-state index in [9.17, 15) is 5.11 Å². The van der Waals surface area contributed by atoms with Gasteiger partial charge in [-0.15, -0.1) is 12.4 Å². The van der Waals surface area contributed by atoms with Crippen molar-refractivity contribution in [2.75, 3.05) is 13.1 Å². The standard InChI is InChI=1S/C16H25NO.ClH/c1-4-16(18,17(5-2)6-3)14-10-13-15-11-8-7-9-12-15;/h7-13,18H,4-6,14H2,1-3H3;1H. The van der Waals surface area contributed by atoms with E-state index >= 15 is 0 Å². The van der Waals surface area contributed by atoms with Gasteiger partial charge in [0.15, 0.2) is 0 Å². The van der Waals surface area contributed by atoms with E-state index in [1.807, 2.05) is 25.1 Å². The number of hydrogen-bond donors (Lipinski definition) is 1. The van der Waals surface area contributed by atoms with Crippen molar-refractivity contribution in [1.29, 1.82) is 0 Å². The first-order valence-corrected chi connectivity index (χ1v) is 6.85. The Labute approximate surface area is 123 Å². The minimum Gasteiger partial charge on any atom is -0.375 e. The quantitative estimate of drug-likeness (QED) is 0.766. The molecule has 0 amide bonds. The lowest BCUT2D eigenvalue weighted by Gasteiger charge is -2.37. The minimum atomic E-state index is -0.714. The molecule has 0 bridgehead atoms. The van der Waals surface area contributed by atoms with Gasteiger partial charge >= 0.3 is 0 Å². The van der Waals surface area contributed by atoms with Gasteiger partial charge in [0, 0.05) is 6.42 Å². The Bertz CT molecular complexity index is 362. The van der Waals surface area contributed by atoms with Crippen LogP contribution >= 0.6 is 12.4 Å². The third-order valence-electron chi connectivity index (χ3n) is 3.47. The molecule has 0 aliphatic heterocycles. The zero-order valence-electron chi connectivity index (χ0n) is 12.2. The van der Waals surface area contributed by atoms with Gasteiger partial charge in [-0.2, -0.15) is 0 Å². The van der Waals surface area contributed by atoms with Gasteiger partial charge in [-0.25, -0.2) is 0 Å². The Morgan fingerprint density at radius 1 is 1.11 bits per heavy atom. The van der Waals surface area contributed by atoms with Crippen molar-refractivity contribution in [3.8, 4) is 0 Å². The molecule has 0 heterocycles. The van der Waals surface area contributed by atoms with Crippen molar-refractivity contribution < 1.29 is 5.11 Å². The van der Waals surface area contributed by atoms with Crippen LogP contribution in [-0.2, 0) is 0 Å². The second-order valence-corrected chi connectivity index (χ2v) is 4.53. The molecule has 1 unspecified atom stereocenters. The number of rotatable bonds is 7. The molecule has 0 aliphatic carbocycles. The summed E-state index contributed by atoms with van der Waals surface area (Å²) >= 11 is 0. The molecular weight excluding hydrogens is 258 g/mol. The molecular formula is C16H26ClNO. The van der Waals surface area contributed by atoms with Gasteiger partial charge in [-0.05, 0) is 25.1 Å². The van der Waals surface area contributed by atoms with Crippen LogP contribution in [0.4, 0.5) is 0 Å². The van der Waals surface area contributed by atoms with Gasteiger partial charge in [0.25, 0.3) is 0 Å². The molecule has 0 saturated carbocycles. The summed E-state index contributed by atoms with van der Waals surface area (Å²) in [5, 5.41) is 10.6. The maximum Gasteiger partial charge on any atom is 0.121 e. The smallest absolute Gasteiger partial charge is 0.121 e. The second kappa shape index (κ2) is 9.13. The van der Waals surface area contributed by atoms with Crippen molar-refractivity contribution in [2.24, 2.45) is 0 Å². The number of benzene rings is 1. The second-order valence-electron chi connectivity index (χ2n) is 4.53. The molecule has 0 spiro atoms. The van der Waals surface area contributed by atoms with Crippen LogP contribution in [0.2, 0.25) is 0 Å². The van der Waals surface area contributed by atoms with E-state index in [1.165, 1.54) is 5.56 Å². The van der Waals surface area contributed by atoms with E-state index in [2.05, 4.69) is 43.0 Å². The Kier molecular flexibility index (Phi) is 8.73. The number of halogens is 1. The molecule has 108 valence electrons. The van der Waals surface area contributed by atoms with Crippen LogP contribution in [-0.4, -0.2) is 28.8 Å². The summed E-state index contributed by atoms with van der Waals surface area (Å²) in [5.74, 6) is 0. The van der Waals surface area contributed by atoms with Gasteiger partial charge in [0.05, 0.1) is 0 Å². The van der Waals surface area contributed by atoms with E-state index in [0.717, 1.165) is 19.5 Å². The summed E-state index contributed by atoms with van der Waals surface area (Å²) < 4.78 is 0. The fourth-order valence-electron chi connectivity index (χ4n) is 2.26. The molecule has 0 aliphatic rings. The predicted octanol–water partition coefficient (Wildman–Crippen LogP) is 3.95. The largest absolute Gasteiger partial charge is 0.375 e. The molecule has 1 aromatic carbocycles. The van der Waals surface area contributed by atoms with E-state index in [1.54, 1.807) is 0 Å². The molecule has 3 heteroatoms. The third kappa shape index (κ3) is 5.35. The lowest BCUT2D eigenvalue weighted by atomic mass is 10.0. The molecule has 0 saturated heterocycles. The van der Waals surface area contributed by atoms with Crippen LogP contribution < -0.4 is 0 Å². The summed E-state index contributed by atoms with van der Waals surface area (Å²) in [7, 11) is 0. The van der Waals surface area contributed by atoms with Gasteiger partial charge in [-0.1, -0.05) is 63.3 Å². The number of hydrogen-bond acceptors (Lipinski definition) is 2. The molecule has 0 aromatic heterocycles. The highest BCUT2D eigenvalue weighted by Crippen LogP contribution is 2.21. The minimum absolute atomic E-state index is 0. The third-order valence-corrected chi connectivity index (χ3v) is 3.47. The van der Waals surface area contributed by atoms with Gasteiger partial charge in [-0.3, -0.25) is 4.90 Å². The normalized spacial score (nSPS) is 14.4. The average molecular weight is 284 g/mol. The lowest BCUT2D eigenvalue weighted by molar-refractivity contribution is -0.104. The van der Waals surface area contributed by atoms with Crippen molar-refractivity contribution in [2.45, 2.75) is 39.3 Å². The SMILES string of the molecule is CCN(CC)C(O)(CC)CC=Cc1ccccc1.Cl. The van der Waals surface area contributed by atoms with Crippen molar-refractivity contribution in [3.63, 3.8) is 0 Å². The molecule has 1 aromatic rings. The first kappa shape index (κ1) is 18.2. The first-order chi connectivity index (χ1) is 8.66. The highest BCUT2D eigenvalue weighted by atomic mass is 35.5. The van der Waals surface area contributed by atoms with Crippen molar-refractivity contribution in [3.05, 3.63) is 42.0 Å². The monoisotopic (exact) mass is 283 g/mol. The zero-order chi connectivity index (χ0) is 13.4. The predicted molar refractivity (Wildman–Crippen MR) is 85.5 cm³/mol. The van der Waals surface area contributed by atoms with E-state index < -0.39 is 5.72 Å². The van der Waals surface area contributed by atoms with E-state index in [0.29, 0.717) is 6.42 Å². The maximum atomic E-state index is 10.6. The van der Waals surface area contributed by atoms with E-state index in [-0.39, 0.29) is 12.4 Å². The Hall–Kier alpha value is -0.830. The molecule has 1 N–H and O–H groups in total. The fraction of sp³-hybridized carbons (Fsp3) is 0.500. The Morgan fingerprint density at radius 3 is 2.16 bits per heavy atom. The zero-order valence-corrected chi connectivity index (χ0v) is 13.0. The van der Waals surface area contributed by atoms with Gasteiger partial charge in [0.1, 0.15) is 5.72 Å². The molecule has 0 fully saturated rings. The van der Waals surface area contributed by atoms with Crippen LogP contribution in [0.5, 0.6) is 0 Å². The highest BCUT2D eigenvalue weighted by Gasteiger charge is 2.28. The van der Waals surface area contributed by atoms with Crippen LogP contribution in [0.3, 0.4) is 0 Å². The Morgan fingerprint density at radius 2 is 1.68 bits per heavy atom. The van der Waals surface area contributed by atoms with Gasteiger partial charge in [0.2, 0.25) is 0 Å². The first-order valence-electron chi connectivity index (χ1n) is 6.85. The molecule has 19 heavy (non-hydrogen) atoms. The van der Waals surface area contributed by atoms with Crippen LogP contribution in [0.15, 0.2) is 36.4 Å². The van der Waals surface area contributed by atoms with Crippen LogP contribution in [0.1, 0.15) is 39.2 Å². The summed E-state index contributed by atoms with van der Waals surface area (Å²) in [4.78, 5) is 2.11. The molecule has 0 radical (unpaired) electrons. The van der Waals surface area contributed by atoms with Crippen LogP contribution in [0, 0.1) is 0 Å². The molecule has 1 atom stereocenters. The topological polar surface area (TPSA) is 23.5 Å². The summed E-state index contributed by atoms with van der Waals surface area (Å²) in [6.07, 6.45) is 5.55. The Balaban J connectivity index is 0.00000324. The maximum absolute atomic E-state index is 10.6. The lowest BCUT2D eigenvalue weighted by Crippen LogP contribution is -2.47. The van der Waals surface area contributed by atoms with Crippen LogP contribution in [0.25, 0.3) is 6.08 Å². The van der Waals surface area contributed by atoms with Gasteiger partial charge < -0.3 is 5.11 Å².